The lowest BCUT2D eigenvalue weighted by Gasteiger charge is -2.22. The number of carbonyl (C=O) groups excluding carboxylic acids is 2. The number of nitro groups is 1. The Hall–Kier alpha value is -4.76. The van der Waals surface area contributed by atoms with Gasteiger partial charge in [0.15, 0.2) is 6.61 Å². The second-order valence-electron chi connectivity index (χ2n) is 9.37. The van der Waals surface area contributed by atoms with E-state index in [9.17, 15) is 19.7 Å². The zero-order valence-corrected chi connectivity index (χ0v) is 22.9. The molecule has 0 spiro atoms. The molecular weight excluding hydrogens is 546 g/mol. The number of rotatable bonds is 8. The monoisotopic (exact) mass is 571 g/mol. The van der Waals surface area contributed by atoms with Crippen LogP contribution in [0.25, 0.3) is 22.6 Å². The number of halogens is 1. The molecule has 1 amide bonds. The van der Waals surface area contributed by atoms with E-state index in [2.05, 4.69) is 5.32 Å². The van der Waals surface area contributed by atoms with Gasteiger partial charge in [-0.3, -0.25) is 14.9 Å². The normalized spacial score (nSPS) is 13.5. The minimum Gasteiger partial charge on any atom is -0.494 e. The van der Waals surface area contributed by atoms with Crippen LogP contribution in [0.1, 0.15) is 46.9 Å². The van der Waals surface area contributed by atoms with Crippen LogP contribution < -0.4 is 10.1 Å². The number of carbonyl (C=O) groups is 2. The zero-order valence-electron chi connectivity index (χ0n) is 22.2. The number of nitrogens with zero attached hydrogens (tertiary/aromatic N) is 2. The number of nitro benzene ring substituents is 1. The summed E-state index contributed by atoms with van der Waals surface area (Å²) >= 11 is 6.40. The molecule has 1 aromatic heterocycles. The van der Waals surface area contributed by atoms with Gasteiger partial charge in [0.2, 0.25) is 0 Å². The Kier molecular flexibility index (Phi) is 8.26. The number of pyridine rings is 1. The largest absolute Gasteiger partial charge is 0.494 e. The van der Waals surface area contributed by atoms with Gasteiger partial charge >= 0.3 is 5.97 Å². The highest BCUT2D eigenvalue weighted by Crippen LogP contribution is 2.37. The molecule has 1 aliphatic carbocycles. The molecule has 1 aliphatic rings. The molecule has 0 saturated carbocycles. The number of hydrogen-bond donors (Lipinski definition) is 1. The molecule has 0 fully saturated rings. The summed E-state index contributed by atoms with van der Waals surface area (Å²) in [5, 5.41) is 15.2. The summed E-state index contributed by atoms with van der Waals surface area (Å²) in [6, 6.07) is 18.9. The highest BCUT2D eigenvalue weighted by Gasteiger charge is 2.27. The lowest BCUT2D eigenvalue weighted by Crippen LogP contribution is -2.23. The Labute approximate surface area is 240 Å². The number of ether oxygens (including phenoxy) is 2. The van der Waals surface area contributed by atoms with Gasteiger partial charge in [-0.25, -0.2) is 9.78 Å². The predicted octanol–water partition coefficient (Wildman–Crippen LogP) is 6.87. The van der Waals surface area contributed by atoms with Crippen molar-refractivity contribution in [1.82, 2.24) is 4.98 Å². The quantitative estimate of drug-likeness (QED) is 0.139. The number of aromatic nitrogens is 1. The average molecular weight is 572 g/mol. The van der Waals surface area contributed by atoms with Gasteiger partial charge in [-0.1, -0.05) is 48.0 Å². The van der Waals surface area contributed by atoms with Gasteiger partial charge in [0.1, 0.15) is 11.4 Å². The molecule has 208 valence electrons. The topological polar surface area (TPSA) is 121 Å². The highest BCUT2D eigenvalue weighted by molar-refractivity contribution is 6.32. The molecule has 0 saturated heterocycles. The highest BCUT2D eigenvalue weighted by atomic mass is 35.5. The van der Waals surface area contributed by atoms with Crippen LogP contribution in [-0.2, 0) is 16.0 Å². The first-order valence-electron chi connectivity index (χ1n) is 13.1. The molecule has 0 aliphatic heterocycles. The molecule has 9 nitrogen and oxygen atoms in total. The van der Waals surface area contributed by atoms with Crippen LogP contribution in [0.15, 0.2) is 66.7 Å². The first-order valence-corrected chi connectivity index (χ1v) is 13.5. The summed E-state index contributed by atoms with van der Waals surface area (Å²) < 4.78 is 10.8. The Morgan fingerprint density at radius 3 is 2.66 bits per heavy atom. The Morgan fingerprint density at radius 1 is 1.10 bits per heavy atom. The van der Waals surface area contributed by atoms with Gasteiger partial charge in [-0.05, 0) is 73.2 Å². The number of para-hydroxylation sites is 1. The lowest BCUT2D eigenvalue weighted by atomic mass is 9.86. The van der Waals surface area contributed by atoms with Crippen molar-refractivity contribution >= 4 is 57.4 Å². The maximum absolute atomic E-state index is 13.5. The number of fused-ring (bicyclic) bond motifs is 2. The van der Waals surface area contributed by atoms with Gasteiger partial charge in [0.05, 0.1) is 34.4 Å². The van der Waals surface area contributed by atoms with E-state index in [0.29, 0.717) is 46.0 Å². The van der Waals surface area contributed by atoms with Crippen LogP contribution >= 0.6 is 11.6 Å². The summed E-state index contributed by atoms with van der Waals surface area (Å²) in [6.07, 6.45) is 4.17. The van der Waals surface area contributed by atoms with E-state index >= 15 is 0 Å². The number of allylic oxidation sites excluding steroid dienone is 1. The molecule has 0 radical (unpaired) electrons. The van der Waals surface area contributed by atoms with Crippen molar-refractivity contribution in [2.45, 2.75) is 26.2 Å². The summed E-state index contributed by atoms with van der Waals surface area (Å²) in [4.78, 5) is 42.0. The van der Waals surface area contributed by atoms with Crippen molar-refractivity contribution in [1.29, 1.82) is 0 Å². The first kappa shape index (κ1) is 27.8. The number of amides is 1. The van der Waals surface area contributed by atoms with E-state index in [4.69, 9.17) is 26.1 Å². The second kappa shape index (κ2) is 12.2. The third kappa shape index (κ3) is 6.05. The molecule has 10 heteroatoms. The number of nitrogens with one attached hydrogen (secondary N) is 1. The van der Waals surface area contributed by atoms with Crippen molar-refractivity contribution in [3.63, 3.8) is 0 Å². The van der Waals surface area contributed by atoms with Crippen molar-refractivity contribution in [2.75, 3.05) is 18.5 Å². The zero-order chi connectivity index (χ0) is 28.9. The fourth-order valence-electron chi connectivity index (χ4n) is 4.90. The molecule has 4 aromatic rings. The molecule has 5 rings (SSSR count). The third-order valence-corrected chi connectivity index (χ3v) is 7.04. The summed E-state index contributed by atoms with van der Waals surface area (Å²) in [6.45, 7) is 1.47. The molecular formula is C31H26ClN3O6. The number of hydrogen-bond acceptors (Lipinski definition) is 7. The predicted molar refractivity (Wildman–Crippen MR) is 157 cm³/mol. The molecule has 0 bridgehead atoms. The molecule has 41 heavy (non-hydrogen) atoms. The summed E-state index contributed by atoms with van der Waals surface area (Å²) in [7, 11) is 0. The number of esters is 1. The van der Waals surface area contributed by atoms with E-state index in [1.165, 1.54) is 18.2 Å². The van der Waals surface area contributed by atoms with E-state index in [1.54, 1.807) is 13.0 Å². The van der Waals surface area contributed by atoms with Crippen LogP contribution in [0.5, 0.6) is 5.75 Å². The SMILES string of the molecule is CCOc1ccc(NC(=O)COC(=O)c2c3c(nc4ccccc24)/C(=C/c2ccccc2Cl)CCC3)c([N+](=O)[O-])c1. The van der Waals surface area contributed by atoms with Crippen LogP contribution in [0, 0.1) is 10.1 Å². The average Bonchev–Trinajstić information content (AvgIpc) is 2.97. The van der Waals surface area contributed by atoms with E-state index < -0.39 is 23.4 Å². The Balaban J connectivity index is 1.42. The van der Waals surface area contributed by atoms with E-state index in [1.807, 2.05) is 48.5 Å². The Bertz CT molecular complexity index is 1700. The standard InChI is InChI=1S/C31H26ClN3O6/c1-2-40-21-14-15-26(27(17-21)35(38)39)33-28(36)18-41-31(37)29-22-10-4-6-13-25(22)34-30-20(9-7-11-23(29)30)16-19-8-3-5-12-24(19)32/h3-6,8,10,12-17H,2,7,9,11,18H2,1H3,(H,33,36)/b20-16+. The third-order valence-electron chi connectivity index (χ3n) is 6.69. The number of anilines is 1. The van der Waals surface area contributed by atoms with Gasteiger partial charge in [0, 0.05) is 10.4 Å². The molecule has 1 N–H and O–H groups in total. The summed E-state index contributed by atoms with van der Waals surface area (Å²) in [5.74, 6) is -1.08. The van der Waals surface area contributed by atoms with E-state index in [-0.39, 0.29) is 11.4 Å². The Morgan fingerprint density at radius 2 is 1.88 bits per heavy atom. The molecule has 1 heterocycles. The summed E-state index contributed by atoms with van der Waals surface area (Å²) in [5.41, 5.74) is 3.89. The fourth-order valence-corrected chi connectivity index (χ4v) is 5.09. The van der Waals surface area contributed by atoms with Crippen LogP contribution in [-0.4, -0.2) is 35.0 Å². The van der Waals surface area contributed by atoms with Crippen molar-refractivity contribution in [3.05, 3.63) is 104 Å². The maximum atomic E-state index is 13.5. The van der Waals surface area contributed by atoms with Crippen molar-refractivity contribution in [3.8, 4) is 5.75 Å². The molecule has 0 unspecified atom stereocenters. The first-order chi connectivity index (χ1) is 19.9. The molecule has 3 aromatic carbocycles. The minimum absolute atomic E-state index is 0.0272. The number of benzene rings is 3. The smallest absolute Gasteiger partial charge is 0.339 e. The molecule has 0 atom stereocenters. The van der Waals surface area contributed by atoms with Crippen molar-refractivity contribution in [2.24, 2.45) is 0 Å². The van der Waals surface area contributed by atoms with Gasteiger partial charge < -0.3 is 14.8 Å². The van der Waals surface area contributed by atoms with Crippen molar-refractivity contribution < 1.29 is 24.0 Å². The van der Waals surface area contributed by atoms with E-state index in [0.717, 1.165) is 29.5 Å². The van der Waals surface area contributed by atoms with Gasteiger partial charge in [0.25, 0.3) is 11.6 Å². The van der Waals surface area contributed by atoms with Gasteiger partial charge in [-0.2, -0.15) is 0 Å². The van der Waals surface area contributed by atoms with Gasteiger partial charge in [-0.15, -0.1) is 0 Å². The maximum Gasteiger partial charge on any atom is 0.339 e. The van der Waals surface area contributed by atoms with Crippen LogP contribution in [0.2, 0.25) is 5.02 Å². The lowest BCUT2D eigenvalue weighted by molar-refractivity contribution is -0.384. The van der Waals surface area contributed by atoms with Crippen LogP contribution in [0.3, 0.4) is 0 Å². The minimum atomic E-state index is -0.711. The second-order valence-corrected chi connectivity index (χ2v) is 9.78. The van der Waals surface area contributed by atoms with Crippen LogP contribution in [0.4, 0.5) is 11.4 Å². The fraction of sp³-hybridized carbons (Fsp3) is 0.194.